The molecular weight excluding hydrogens is 482 g/mol. The second-order valence-electron chi connectivity index (χ2n) is 11.9. The SMILES string of the molecule is CCCCCCCCc1cc(N=C(CC)C(C)=Cc2cc(CCCC)c(C)c(CCCCCC)c2)ccc1CC. The monoisotopic (exact) mass is 543 g/mol. The maximum atomic E-state index is 5.21. The zero-order chi connectivity index (χ0) is 29.2. The number of benzene rings is 2. The van der Waals surface area contributed by atoms with E-state index in [4.69, 9.17) is 4.99 Å². The van der Waals surface area contributed by atoms with Gasteiger partial charge in [0, 0.05) is 5.71 Å². The van der Waals surface area contributed by atoms with Gasteiger partial charge < -0.3 is 0 Å². The van der Waals surface area contributed by atoms with E-state index in [-0.39, 0.29) is 0 Å². The van der Waals surface area contributed by atoms with Crippen molar-refractivity contribution in [2.75, 3.05) is 0 Å². The van der Waals surface area contributed by atoms with Gasteiger partial charge in [-0.15, -0.1) is 0 Å². The van der Waals surface area contributed by atoms with E-state index in [1.807, 2.05) is 0 Å². The molecule has 0 fully saturated rings. The van der Waals surface area contributed by atoms with Crippen molar-refractivity contribution in [1.29, 1.82) is 0 Å². The normalized spacial score (nSPS) is 12.4. The van der Waals surface area contributed by atoms with Gasteiger partial charge in [-0.1, -0.05) is 117 Å². The van der Waals surface area contributed by atoms with Crippen LogP contribution in [0.25, 0.3) is 6.08 Å². The Morgan fingerprint density at radius 3 is 1.77 bits per heavy atom. The van der Waals surface area contributed by atoms with Crippen molar-refractivity contribution in [3.05, 3.63) is 69.3 Å². The molecule has 0 aliphatic heterocycles. The lowest BCUT2D eigenvalue weighted by Crippen LogP contribution is -2.01. The van der Waals surface area contributed by atoms with E-state index in [9.17, 15) is 0 Å². The highest BCUT2D eigenvalue weighted by molar-refractivity contribution is 6.04. The predicted octanol–water partition coefficient (Wildman–Crippen LogP) is 12.5. The second-order valence-corrected chi connectivity index (χ2v) is 11.9. The molecule has 0 spiro atoms. The molecule has 2 aromatic rings. The first-order valence-electron chi connectivity index (χ1n) is 17.0. The first-order chi connectivity index (χ1) is 19.5. The lowest BCUT2D eigenvalue weighted by Gasteiger charge is -2.15. The van der Waals surface area contributed by atoms with E-state index in [0.29, 0.717) is 0 Å². The molecule has 0 saturated carbocycles. The molecule has 40 heavy (non-hydrogen) atoms. The van der Waals surface area contributed by atoms with Crippen molar-refractivity contribution < 1.29 is 0 Å². The summed E-state index contributed by atoms with van der Waals surface area (Å²) in [6, 6.07) is 11.8. The summed E-state index contributed by atoms with van der Waals surface area (Å²) in [5.74, 6) is 0. The molecule has 1 nitrogen and oxygen atoms in total. The van der Waals surface area contributed by atoms with E-state index in [1.54, 1.807) is 11.1 Å². The van der Waals surface area contributed by atoms with Crippen LogP contribution >= 0.6 is 0 Å². The van der Waals surface area contributed by atoms with Crippen LogP contribution in [0.5, 0.6) is 0 Å². The summed E-state index contributed by atoms with van der Waals surface area (Å²) in [6.45, 7) is 16.0. The Morgan fingerprint density at radius 1 is 0.625 bits per heavy atom. The van der Waals surface area contributed by atoms with Crippen LogP contribution in [0.3, 0.4) is 0 Å². The van der Waals surface area contributed by atoms with Gasteiger partial charge >= 0.3 is 0 Å². The van der Waals surface area contributed by atoms with Gasteiger partial charge in [-0.05, 0) is 116 Å². The molecule has 2 rings (SSSR count). The Morgan fingerprint density at radius 2 is 1.18 bits per heavy atom. The summed E-state index contributed by atoms with van der Waals surface area (Å²) in [5, 5.41) is 0. The highest BCUT2D eigenvalue weighted by atomic mass is 14.7. The fourth-order valence-corrected chi connectivity index (χ4v) is 5.87. The maximum absolute atomic E-state index is 5.21. The topological polar surface area (TPSA) is 12.4 Å². The molecule has 0 aliphatic carbocycles. The van der Waals surface area contributed by atoms with Gasteiger partial charge in [0.15, 0.2) is 0 Å². The largest absolute Gasteiger partial charge is 0.253 e. The van der Waals surface area contributed by atoms with Gasteiger partial charge in [-0.2, -0.15) is 0 Å². The molecule has 0 saturated heterocycles. The highest BCUT2D eigenvalue weighted by Crippen LogP contribution is 2.26. The third-order valence-corrected chi connectivity index (χ3v) is 8.55. The minimum Gasteiger partial charge on any atom is -0.253 e. The number of unbranched alkanes of at least 4 members (excludes halogenated alkanes) is 9. The molecule has 0 amide bonds. The Labute approximate surface area is 249 Å². The molecular formula is C39H61N. The molecule has 0 heterocycles. The molecule has 0 aliphatic rings. The molecule has 0 unspecified atom stereocenters. The molecule has 1 heteroatoms. The highest BCUT2D eigenvalue weighted by Gasteiger charge is 2.09. The van der Waals surface area contributed by atoms with Crippen LogP contribution in [0.4, 0.5) is 5.69 Å². The fraction of sp³-hybridized carbons (Fsp3) is 0.615. The summed E-state index contributed by atoms with van der Waals surface area (Å²) >= 11 is 0. The van der Waals surface area contributed by atoms with Crippen molar-refractivity contribution in [3.8, 4) is 0 Å². The standard InChI is InChI=1S/C39H61N/c1-8-13-16-18-19-21-24-37-30-38(26-25-34(37)11-4)40-39(12-5)31(6)27-33-28-35(22-15-10-3)32(7)36(29-33)23-20-17-14-9-2/h25-30H,8-24H2,1-7H3. The molecule has 222 valence electrons. The van der Waals surface area contributed by atoms with Gasteiger partial charge in [0.05, 0.1) is 5.69 Å². The first kappa shape index (κ1) is 34.1. The Hall–Kier alpha value is -2.15. The van der Waals surface area contributed by atoms with Gasteiger partial charge in [-0.3, -0.25) is 4.99 Å². The average Bonchev–Trinajstić information content (AvgIpc) is 2.96. The molecule has 0 bridgehead atoms. The van der Waals surface area contributed by atoms with Crippen molar-refractivity contribution >= 4 is 17.5 Å². The Balaban J connectivity index is 2.28. The smallest absolute Gasteiger partial charge is 0.0636 e. The lowest BCUT2D eigenvalue weighted by atomic mass is 9.91. The van der Waals surface area contributed by atoms with E-state index in [2.05, 4.69) is 84.9 Å². The van der Waals surface area contributed by atoms with Crippen LogP contribution in [0.2, 0.25) is 0 Å². The van der Waals surface area contributed by atoms with Crippen molar-refractivity contribution in [2.24, 2.45) is 4.99 Å². The van der Waals surface area contributed by atoms with Crippen LogP contribution in [-0.2, 0) is 25.7 Å². The number of allylic oxidation sites excluding steroid dienone is 1. The van der Waals surface area contributed by atoms with E-state index < -0.39 is 0 Å². The summed E-state index contributed by atoms with van der Waals surface area (Å²) in [5.41, 5.74) is 12.6. The van der Waals surface area contributed by atoms with Crippen LogP contribution in [0.15, 0.2) is 40.9 Å². The molecule has 0 N–H and O–H groups in total. The fourth-order valence-electron chi connectivity index (χ4n) is 5.87. The Bertz CT molecular complexity index is 1050. The number of hydrogen-bond acceptors (Lipinski definition) is 1. The number of hydrogen-bond donors (Lipinski definition) is 0. The zero-order valence-electron chi connectivity index (χ0n) is 27.4. The van der Waals surface area contributed by atoms with Crippen molar-refractivity contribution in [2.45, 2.75) is 158 Å². The second kappa shape index (κ2) is 19.8. The summed E-state index contributed by atoms with van der Waals surface area (Å²) < 4.78 is 0. The third kappa shape index (κ3) is 11.8. The zero-order valence-corrected chi connectivity index (χ0v) is 27.4. The quantitative estimate of drug-likeness (QED) is 0.116. The van der Waals surface area contributed by atoms with Crippen LogP contribution in [0, 0.1) is 6.92 Å². The van der Waals surface area contributed by atoms with E-state index in [1.165, 1.54) is 130 Å². The van der Waals surface area contributed by atoms with Crippen molar-refractivity contribution in [3.63, 3.8) is 0 Å². The van der Waals surface area contributed by atoms with Gasteiger partial charge in [0.2, 0.25) is 0 Å². The lowest BCUT2D eigenvalue weighted by molar-refractivity contribution is 0.606. The van der Waals surface area contributed by atoms with Gasteiger partial charge in [-0.25, -0.2) is 0 Å². The predicted molar refractivity (Wildman–Crippen MR) is 182 cm³/mol. The molecule has 0 aromatic heterocycles. The van der Waals surface area contributed by atoms with Crippen LogP contribution in [-0.4, -0.2) is 5.71 Å². The molecule has 2 aromatic carbocycles. The van der Waals surface area contributed by atoms with Gasteiger partial charge in [0.25, 0.3) is 0 Å². The minimum atomic E-state index is 0.947. The number of aliphatic imine (C=N–C) groups is 1. The number of rotatable bonds is 20. The van der Waals surface area contributed by atoms with E-state index >= 15 is 0 Å². The molecule has 0 radical (unpaired) electrons. The van der Waals surface area contributed by atoms with Crippen LogP contribution in [0.1, 0.15) is 158 Å². The molecule has 0 atom stereocenters. The summed E-state index contributed by atoms with van der Waals surface area (Å²) in [4.78, 5) is 5.21. The van der Waals surface area contributed by atoms with E-state index in [0.717, 1.165) is 18.5 Å². The third-order valence-electron chi connectivity index (χ3n) is 8.55. The number of nitrogens with zero attached hydrogens (tertiary/aromatic N) is 1. The maximum Gasteiger partial charge on any atom is 0.0636 e. The summed E-state index contributed by atoms with van der Waals surface area (Å²) in [6.07, 6.45) is 23.9. The Kier molecular flexibility index (Phi) is 16.9. The van der Waals surface area contributed by atoms with Gasteiger partial charge in [0.1, 0.15) is 0 Å². The first-order valence-corrected chi connectivity index (χ1v) is 17.0. The number of aryl methyl sites for hydroxylation is 4. The van der Waals surface area contributed by atoms with Crippen LogP contribution < -0.4 is 0 Å². The minimum absolute atomic E-state index is 0.947. The van der Waals surface area contributed by atoms with Crippen molar-refractivity contribution in [1.82, 2.24) is 0 Å². The summed E-state index contributed by atoms with van der Waals surface area (Å²) in [7, 11) is 0. The average molecular weight is 544 g/mol.